The zero-order valence-corrected chi connectivity index (χ0v) is 18.3. The molecule has 0 unspecified atom stereocenters. The second-order valence-corrected chi connectivity index (χ2v) is 7.16. The first-order chi connectivity index (χ1) is 14.8. The summed E-state index contributed by atoms with van der Waals surface area (Å²) in [6, 6.07) is 0. The predicted octanol–water partition coefficient (Wildman–Crippen LogP) is -0.412. The van der Waals surface area contributed by atoms with E-state index in [0.717, 1.165) is 13.8 Å². The number of imide groups is 1. The highest BCUT2D eigenvalue weighted by Gasteiger charge is 2.45. The van der Waals surface area contributed by atoms with E-state index in [1.54, 1.807) is 13.8 Å². The van der Waals surface area contributed by atoms with Gasteiger partial charge in [-0.25, -0.2) is 14.4 Å². The lowest BCUT2D eigenvalue weighted by Gasteiger charge is -2.25. The van der Waals surface area contributed by atoms with E-state index in [1.165, 1.54) is 6.92 Å². The van der Waals surface area contributed by atoms with Crippen molar-refractivity contribution < 1.29 is 57.3 Å². The first kappa shape index (κ1) is 26.5. The maximum absolute atomic E-state index is 12.6. The lowest BCUT2D eigenvalue weighted by Crippen LogP contribution is -2.50. The van der Waals surface area contributed by atoms with Crippen LogP contribution in [0, 0.1) is 5.92 Å². The van der Waals surface area contributed by atoms with Crippen molar-refractivity contribution in [2.75, 3.05) is 6.61 Å². The molecule has 0 spiro atoms. The van der Waals surface area contributed by atoms with Crippen molar-refractivity contribution in [2.45, 2.75) is 65.8 Å². The van der Waals surface area contributed by atoms with Crippen LogP contribution in [0.2, 0.25) is 0 Å². The molecule has 1 aliphatic heterocycles. The third kappa shape index (κ3) is 7.96. The summed E-state index contributed by atoms with van der Waals surface area (Å²) in [6.45, 7) is 6.57. The van der Waals surface area contributed by atoms with Crippen LogP contribution in [0.15, 0.2) is 0 Å². The molecule has 0 aromatic rings. The molecular weight excluding hydrogens is 434 g/mol. The molecular formula is C19H25NO12. The maximum atomic E-state index is 12.6. The van der Waals surface area contributed by atoms with Crippen LogP contribution in [0.1, 0.15) is 47.5 Å². The lowest BCUT2D eigenvalue weighted by atomic mass is 10.2. The molecule has 0 saturated carbocycles. The molecule has 1 aliphatic rings. The summed E-state index contributed by atoms with van der Waals surface area (Å²) >= 11 is 0. The van der Waals surface area contributed by atoms with E-state index in [2.05, 4.69) is 4.84 Å². The van der Waals surface area contributed by atoms with Gasteiger partial charge < -0.3 is 23.8 Å². The minimum Gasteiger partial charge on any atom is -0.463 e. The van der Waals surface area contributed by atoms with Crippen molar-refractivity contribution in [3.05, 3.63) is 0 Å². The first-order valence-corrected chi connectivity index (χ1v) is 9.62. The van der Waals surface area contributed by atoms with E-state index in [1.807, 2.05) is 0 Å². The van der Waals surface area contributed by atoms with Crippen molar-refractivity contribution in [3.63, 3.8) is 0 Å². The Morgan fingerprint density at radius 3 is 1.69 bits per heavy atom. The molecule has 3 atom stereocenters. The van der Waals surface area contributed by atoms with E-state index in [0.29, 0.717) is 0 Å². The molecule has 0 N–H and O–H groups in total. The number of hydroxylamine groups is 2. The van der Waals surface area contributed by atoms with E-state index < -0.39 is 60.0 Å². The van der Waals surface area contributed by atoms with E-state index in [-0.39, 0.29) is 30.4 Å². The van der Waals surface area contributed by atoms with Crippen molar-refractivity contribution in [2.24, 2.45) is 5.92 Å². The van der Waals surface area contributed by atoms with Gasteiger partial charge in [0.1, 0.15) is 0 Å². The van der Waals surface area contributed by atoms with Gasteiger partial charge in [0, 0.05) is 26.7 Å². The van der Waals surface area contributed by atoms with Crippen LogP contribution >= 0.6 is 0 Å². The normalized spacial score (nSPS) is 16.1. The molecule has 178 valence electrons. The molecule has 1 heterocycles. The van der Waals surface area contributed by atoms with Gasteiger partial charge in [0.2, 0.25) is 12.2 Å². The Labute approximate surface area is 183 Å². The molecule has 1 saturated heterocycles. The molecule has 32 heavy (non-hydrogen) atoms. The summed E-state index contributed by atoms with van der Waals surface area (Å²) in [6.07, 6.45) is -6.32. The highest BCUT2D eigenvalue weighted by molar-refractivity contribution is 6.02. The van der Waals surface area contributed by atoms with Gasteiger partial charge in [-0.15, -0.1) is 5.06 Å². The number of nitrogens with zero attached hydrogens (tertiary/aromatic N) is 1. The Morgan fingerprint density at radius 2 is 1.25 bits per heavy atom. The van der Waals surface area contributed by atoms with Crippen molar-refractivity contribution >= 4 is 41.7 Å². The predicted molar refractivity (Wildman–Crippen MR) is 99.6 cm³/mol. The van der Waals surface area contributed by atoms with E-state index in [9.17, 15) is 33.6 Å². The summed E-state index contributed by atoms with van der Waals surface area (Å²) in [7, 11) is 0. The van der Waals surface area contributed by atoms with Gasteiger partial charge in [-0.2, -0.15) is 0 Å². The van der Waals surface area contributed by atoms with Crippen molar-refractivity contribution in [1.82, 2.24) is 5.06 Å². The number of carbonyl (C=O) groups is 7. The lowest BCUT2D eigenvalue weighted by molar-refractivity contribution is -0.214. The second kappa shape index (κ2) is 11.8. The highest BCUT2D eigenvalue weighted by Crippen LogP contribution is 2.17. The van der Waals surface area contributed by atoms with Crippen molar-refractivity contribution in [1.29, 1.82) is 0 Å². The molecule has 0 aromatic heterocycles. The Morgan fingerprint density at radius 1 is 0.781 bits per heavy atom. The zero-order valence-electron chi connectivity index (χ0n) is 18.3. The summed E-state index contributed by atoms with van der Waals surface area (Å²) in [5, 5.41) is 0.154. The Kier molecular flexibility index (Phi) is 9.75. The van der Waals surface area contributed by atoms with Gasteiger partial charge in [0.15, 0.2) is 6.10 Å². The Bertz CT molecular complexity index is 773. The quantitative estimate of drug-likeness (QED) is 0.235. The van der Waals surface area contributed by atoms with Crippen LogP contribution < -0.4 is 0 Å². The zero-order chi connectivity index (χ0) is 24.6. The van der Waals surface area contributed by atoms with Gasteiger partial charge in [-0.05, 0) is 12.8 Å². The van der Waals surface area contributed by atoms with Crippen LogP contribution in [0.5, 0.6) is 0 Å². The van der Waals surface area contributed by atoms with Gasteiger partial charge in [0.05, 0.1) is 6.61 Å². The molecule has 13 heteroatoms. The van der Waals surface area contributed by atoms with Crippen molar-refractivity contribution in [3.8, 4) is 0 Å². The van der Waals surface area contributed by atoms with Gasteiger partial charge in [0.25, 0.3) is 11.8 Å². The topological polar surface area (TPSA) is 169 Å². The number of amides is 2. The maximum Gasteiger partial charge on any atom is 0.377 e. The molecule has 0 aromatic carbocycles. The summed E-state index contributed by atoms with van der Waals surface area (Å²) in [5.74, 6) is -7.71. The largest absolute Gasteiger partial charge is 0.463 e. The SMILES string of the molecule is CC(=O)O[C@@H](C(=O)O[C@@H](C)C(=O)OCC(C)C)[C@@H](OC(C)=O)C(=O)ON1C(=O)CCC1=O. The summed E-state index contributed by atoms with van der Waals surface area (Å²) in [4.78, 5) is 88.0. The molecule has 1 fully saturated rings. The van der Waals surface area contributed by atoms with Crippen LogP contribution in [0.4, 0.5) is 0 Å². The summed E-state index contributed by atoms with van der Waals surface area (Å²) < 4.78 is 19.3. The standard InChI is InChI=1S/C19H25NO12/c1-9(2)8-28-17(25)10(3)29-18(26)15(30-11(4)21)16(31-12(5)22)19(27)32-20-13(23)6-7-14(20)24/h9-10,15-16H,6-8H2,1-5H3/t10-,15+,16+/m0/s1. The number of ether oxygens (including phenoxy) is 4. The van der Waals surface area contributed by atoms with E-state index in [4.69, 9.17) is 18.9 Å². The number of hydrogen-bond acceptors (Lipinski definition) is 12. The number of hydrogen-bond donors (Lipinski definition) is 0. The highest BCUT2D eigenvalue weighted by atomic mass is 16.7. The van der Waals surface area contributed by atoms with Crippen LogP contribution in [0.3, 0.4) is 0 Å². The van der Waals surface area contributed by atoms with Crippen LogP contribution in [-0.4, -0.2) is 71.6 Å². The second-order valence-electron chi connectivity index (χ2n) is 7.16. The molecule has 2 amide bonds. The average Bonchev–Trinajstić information content (AvgIpc) is 2.99. The molecule has 1 rings (SSSR count). The fourth-order valence-electron chi connectivity index (χ4n) is 2.28. The molecule has 0 aliphatic carbocycles. The first-order valence-electron chi connectivity index (χ1n) is 9.62. The Hall–Kier alpha value is -3.51. The third-order valence-electron chi connectivity index (χ3n) is 3.70. The Balaban J connectivity index is 3.05. The molecule has 0 bridgehead atoms. The van der Waals surface area contributed by atoms with Gasteiger partial charge >= 0.3 is 29.8 Å². The monoisotopic (exact) mass is 459 g/mol. The number of esters is 4. The fourth-order valence-corrected chi connectivity index (χ4v) is 2.28. The third-order valence-corrected chi connectivity index (χ3v) is 3.70. The van der Waals surface area contributed by atoms with Gasteiger partial charge in [-0.1, -0.05) is 13.8 Å². The summed E-state index contributed by atoms with van der Waals surface area (Å²) in [5.41, 5.74) is 0. The fraction of sp³-hybridized carbons (Fsp3) is 0.632. The average molecular weight is 459 g/mol. The number of carbonyl (C=O) groups excluding carboxylic acids is 7. The number of rotatable bonds is 10. The smallest absolute Gasteiger partial charge is 0.377 e. The molecule has 0 radical (unpaired) electrons. The van der Waals surface area contributed by atoms with Crippen LogP contribution in [-0.2, 0) is 57.3 Å². The van der Waals surface area contributed by atoms with Crippen LogP contribution in [0.25, 0.3) is 0 Å². The minimum absolute atomic E-state index is 0.00905. The molecule has 13 nitrogen and oxygen atoms in total. The minimum atomic E-state index is -2.23. The van der Waals surface area contributed by atoms with E-state index >= 15 is 0 Å². The van der Waals surface area contributed by atoms with Gasteiger partial charge in [-0.3, -0.25) is 19.2 Å².